The number of carbonyl (C=O) groups is 3. The standard InChI is InChI=1S/C15H16Cl2N2O4/c1-2-11(15(22)23)18-13(20)9-5-6-19(14(9)21)12-7-8(16)3-4-10(12)17/h3-4,7,9,11H,2,5-6H2,1H3,(H,18,20)(H,22,23). The number of nitrogens with zero attached hydrogens (tertiary/aromatic N) is 1. The Hall–Kier alpha value is -1.79. The fraction of sp³-hybridized carbons (Fsp3) is 0.400. The van der Waals surface area contributed by atoms with Crippen molar-refractivity contribution in [2.45, 2.75) is 25.8 Å². The number of aliphatic carboxylic acids is 1. The van der Waals surface area contributed by atoms with Gasteiger partial charge in [0.2, 0.25) is 11.8 Å². The van der Waals surface area contributed by atoms with Crippen LogP contribution in [0.5, 0.6) is 0 Å². The Morgan fingerprint density at radius 3 is 2.74 bits per heavy atom. The zero-order valence-electron chi connectivity index (χ0n) is 12.4. The molecule has 0 aromatic heterocycles. The number of amides is 2. The van der Waals surface area contributed by atoms with Crippen molar-refractivity contribution in [3.05, 3.63) is 28.2 Å². The van der Waals surface area contributed by atoms with E-state index in [1.54, 1.807) is 25.1 Å². The van der Waals surface area contributed by atoms with E-state index in [-0.39, 0.29) is 6.42 Å². The maximum atomic E-state index is 12.5. The first-order chi connectivity index (χ1) is 10.8. The average Bonchev–Trinajstić information content (AvgIpc) is 2.88. The molecular weight excluding hydrogens is 343 g/mol. The van der Waals surface area contributed by atoms with E-state index < -0.39 is 29.7 Å². The van der Waals surface area contributed by atoms with E-state index in [4.69, 9.17) is 28.3 Å². The van der Waals surface area contributed by atoms with Crippen LogP contribution < -0.4 is 10.2 Å². The zero-order chi connectivity index (χ0) is 17.1. The average molecular weight is 359 g/mol. The first-order valence-corrected chi connectivity index (χ1v) is 7.90. The highest BCUT2D eigenvalue weighted by Crippen LogP contribution is 2.33. The second-order valence-corrected chi connectivity index (χ2v) is 6.08. The fourth-order valence-corrected chi connectivity index (χ4v) is 2.85. The van der Waals surface area contributed by atoms with Crippen molar-refractivity contribution in [1.29, 1.82) is 0 Å². The van der Waals surface area contributed by atoms with Crippen LogP contribution in [0, 0.1) is 5.92 Å². The smallest absolute Gasteiger partial charge is 0.326 e. The molecule has 0 aliphatic carbocycles. The van der Waals surface area contributed by atoms with Crippen molar-refractivity contribution < 1.29 is 19.5 Å². The molecule has 2 amide bonds. The number of carboxylic acids is 1. The Morgan fingerprint density at radius 1 is 1.43 bits per heavy atom. The third-order valence-electron chi connectivity index (χ3n) is 3.74. The van der Waals surface area contributed by atoms with Gasteiger partial charge in [0.05, 0.1) is 10.7 Å². The SMILES string of the molecule is CCC(NC(=O)C1CCN(c2cc(Cl)ccc2Cl)C1=O)C(=O)O. The van der Waals surface area contributed by atoms with E-state index in [0.29, 0.717) is 28.7 Å². The predicted octanol–water partition coefficient (Wildman–Crippen LogP) is 2.33. The Bertz CT molecular complexity index is 650. The highest BCUT2D eigenvalue weighted by Gasteiger charge is 2.39. The van der Waals surface area contributed by atoms with E-state index in [1.165, 1.54) is 4.90 Å². The lowest BCUT2D eigenvalue weighted by molar-refractivity contribution is -0.143. The van der Waals surface area contributed by atoms with Crippen molar-refractivity contribution >= 4 is 46.7 Å². The normalized spacial score (nSPS) is 18.8. The quantitative estimate of drug-likeness (QED) is 0.790. The molecule has 1 aromatic rings. The molecule has 6 nitrogen and oxygen atoms in total. The molecule has 1 aromatic carbocycles. The molecular formula is C15H16Cl2N2O4. The summed E-state index contributed by atoms with van der Waals surface area (Å²) >= 11 is 12.0. The molecule has 1 saturated heterocycles. The Labute approximate surface area is 143 Å². The summed E-state index contributed by atoms with van der Waals surface area (Å²) < 4.78 is 0. The molecule has 124 valence electrons. The second kappa shape index (κ2) is 7.19. The van der Waals surface area contributed by atoms with Crippen LogP contribution in [-0.2, 0) is 14.4 Å². The zero-order valence-corrected chi connectivity index (χ0v) is 13.9. The number of benzene rings is 1. The number of nitrogens with one attached hydrogen (secondary N) is 1. The number of rotatable bonds is 5. The molecule has 1 fully saturated rings. The van der Waals surface area contributed by atoms with E-state index >= 15 is 0 Å². The summed E-state index contributed by atoms with van der Waals surface area (Å²) in [7, 11) is 0. The molecule has 2 rings (SSSR count). The minimum Gasteiger partial charge on any atom is -0.480 e. The number of hydrogen-bond donors (Lipinski definition) is 2. The number of anilines is 1. The van der Waals surface area contributed by atoms with Crippen LogP contribution in [0.4, 0.5) is 5.69 Å². The van der Waals surface area contributed by atoms with E-state index in [1.807, 2.05) is 0 Å². The van der Waals surface area contributed by atoms with Crippen molar-refractivity contribution in [1.82, 2.24) is 5.32 Å². The fourth-order valence-electron chi connectivity index (χ4n) is 2.47. The second-order valence-electron chi connectivity index (χ2n) is 5.23. The van der Waals surface area contributed by atoms with Gasteiger partial charge in [-0.3, -0.25) is 9.59 Å². The van der Waals surface area contributed by atoms with Crippen molar-refractivity contribution in [2.75, 3.05) is 11.4 Å². The molecule has 0 bridgehead atoms. The van der Waals surface area contributed by atoms with Gasteiger partial charge in [-0.2, -0.15) is 0 Å². The van der Waals surface area contributed by atoms with Crippen LogP contribution in [0.3, 0.4) is 0 Å². The summed E-state index contributed by atoms with van der Waals surface area (Å²) in [5.74, 6) is -3.03. The van der Waals surface area contributed by atoms with Gasteiger partial charge in [-0.05, 0) is 31.0 Å². The maximum absolute atomic E-state index is 12.5. The third-order valence-corrected chi connectivity index (χ3v) is 4.30. The predicted molar refractivity (Wildman–Crippen MR) is 86.8 cm³/mol. The highest BCUT2D eigenvalue weighted by molar-refractivity contribution is 6.36. The summed E-state index contributed by atoms with van der Waals surface area (Å²) in [6.45, 7) is 1.97. The summed E-state index contributed by atoms with van der Waals surface area (Å²) in [5.41, 5.74) is 0.449. The lowest BCUT2D eigenvalue weighted by Crippen LogP contribution is -2.45. The van der Waals surface area contributed by atoms with Gasteiger partial charge in [0.25, 0.3) is 0 Å². The molecule has 0 saturated carbocycles. The molecule has 2 unspecified atom stereocenters. The summed E-state index contributed by atoms with van der Waals surface area (Å²) in [4.78, 5) is 37.0. The van der Waals surface area contributed by atoms with Crippen LogP contribution >= 0.6 is 23.2 Å². The van der Waals surface area contributed by atoms with Gasteiger partial charge in [0.15, 0.2) is 0 Å². The molecule has 8 heteroatoms. The molecule has 0 spiro atoms. The minimum absolute atomic E-state index is 0.242. The Balaban J connectivity index is 2.14. The van der Waals surface area contributed by atoms with Crippen LogP contribution in [-0.4, -0.2) is 35.5 Å². The maximum Gasteiger partial charge on any atom is 0.326 e. The van der Waals surface area contributed by atoms with Gasteiger partial charge < -0.3 is 15.3 Å². The molecule has 23 heavy (non-hydrogen) atoms. The topological polar surface area (TPSA) is 86.7 Å². The number of carboxylic acid groups (broad SMARTS) is 1. The molecule has 2 atom stereocenters. The molecule has 1 aliphatic rings. The lowest BCUT2D eigenvalue weighted by Gasteiger charge is -2.19. The van der Waals surface area contributed by atoms with Crippen molar-refractivity contribution in [3.8, 4) is 0 Å². The van der Waals surface area contributed by atoms with Crippen LogP contribution in [0.25, 0.3) is 0 Å². The van der Waals surface area contributed by atoms with Crippen molar-refractivity contribution in [3.63, 3.8) is 0 Å². The minimum atomic E-state index is -1.12. The van der Waals surface area contributed by atoms with Gasteiger partial charge in [0.1, 0.15) is 12.0 Å². The highest BCUT2D eigenvalue weighted by atomic mass is 35.5. The largest absolute Gasteiger partial charge is 0.480 e. The van der Waals surface area contributed by atoms with Gasteiger partial charge in [0, 0.05) is 11.6 Å². The lowest BCUT2D eigenvalue weighted by atomic mass is 10.1. The summed E-state index contributed by atoms with van der Waals surface area (Å²) in [6, 6.07) is 3.75. The van der Waals surface area contributed by atoms with Crippen LogP contribution in [0.2, 0.25) is 10.0 Å². The number of halogens is 2. The first kappa shape index (κ1) is 17.6. The van der Waals surface area contributed by atoms with Crippen LogP contribution in [0.15, 0.2) is 18.2 Å². The van der Waals surface area contributed by atoms with E-state index in [2.05, 4.69) is 5.32 Å². The monoisotopic (exact) mass is 358 g/mol. The summed E-state index contributed by atoms with van der Waals surface area (Å²) in [5, 5.41) is 12.2. The molecule has 2 N–H and O–H groups in total. The van der Waals surface area contributed by atoms with E-state index in [9.17, 15) is 14.4 Å². The summed E-state index contributed by atoms with van der Waals surface area (Å²) in [6.07, 6.45) is 0.537. The van der Waals surface area contributed by atoms with Gasteiger partial charge in [-0.15, -0.1) is 0 Å². The van der Waals surface area contributed by atoms with Gasteiger partial charge in [-0.1, -0.05) is 30.1 Å². The number of hydrogen-bond acceptors (Lipinski definition) is 3. The van der Waals surface area contributed by atoms with Crippen LogP contribution in [0.1, 0.15) is 19.8 Å². The van der Waals surface area contributed by atoms with E-state index in [0.717, 1.165) is 0 Å². The Kier molecular flexibility index (Phi) is 5.49. The van der Waals surface area contributed by atoms with Gasteiger partial charge >= 0.3 is 5.97 Å². The van der Waals surface area contributed by atoms with Gasteiger partial charge in [-0.25, -0.2) is 4.79 Å². The molecule has 0 radical (unpaired) electrons. The van der Waals surface area contributed by atoms with Crippen molar-refractivity contribution in [2.24, 2.45) is 5.92 Å². The number of carbonyl (C=O) groups excluding carboxylic acids is 2. The molecule has 1 heterocycles. The molecule has 1 aliphatic heterocycles. The Morgan fingerprint density at radius 2 is 2.13 bits per heavy atom. The first-order valence-electron chi connectivity index (χ1n) is 7.14. The third kappa shape index (κ3) is 3.76.